The zero-order valence-electron chi connectivity index (χ0n) is 11.3. The molecule has 0 amide bonds. The van der Waals surface area contributed by atoms with E-state index >= 15 is 0 Å². The number of anilines is 1. The third-order valence-electron chi connectivity index (χ3n) is 2.94. The Hall–Kier alpha value is -2.56. The van der Waals surface area contributed by atoms with Crippen LogP contribution < -0.4 is 10.1 Å². The second kappa shape index (κ2) is 5.61. The first-order valence-electron chi connectivity index (χ1n) is 6.55. The van der Waals surface area contributed by atoms with Gasteiger partial charge in [0.2, 0.25) is 0 Å². The van der Waals surface area contributed by atoms with Gasteiger partial charge in [0.05, 0.1) is 6.54 Å². The van der Waals surface area contributed by atoms with Crippen molar-refractivity contribution in [2.24, 2.45) is 0 Å². The van der Waals surface area contributed by atoms with Crippen LogP contribution in [-0.4, -0.2) is 27.7 Å². The molecule has 0 aliphatic heterocycles. The molecule has 0 spiro atoms. The molecule has 0 unspecified atom stereocenters. The van der Waals surface area contributed by atoms with Crippen molar-refractivity contribution in [1.29, 1.82) is 0 Å². The standard InChI is InChI=1S/C15H16N4O/c1-12-9-14(19-15(10-12)17-11-18-19)16-7-8-20-13-5-3-2-4-6-13/h2-6,9-11,16H,7-8H2,1H3. The van der Waals surface area contributed by atoms with Crippen molar-refractivity contribution in [3.05, 3.63) is 54.4 Å². The third-order valence-corrected chi connectivity index (χ3v) is 2.94. The Morgan fingerprint density at radius 2 is 2.05 bits per heavy atom. The van der Waals surface area contributed by atoms with E-state index < -0.39 is 0 Å². The molecule has 20 heavy (non-hydrogen) atoms. The van der Waals surface area contributed by atoms with Crippen LogP contribution in [0.15, 0.2) is 48.8 Å². The van der Waals surface area contributed by atoms with Gasteiger partial charge in [-0.05, 0) is 36.8 Å². The number of pyridine rings is 1. The number of nitrogens with zero attached hydrogens (tertiary/aromatic N) is 3. The summed E-state index contributed by atoms with van der Waals surface area (Å²) in [6.45, 7) is 3.34. The highest BCUT2D eigenvalue weighted by molar-refractivity contribution is 5.51. The number of ether oxygens (including phenoxy) is 1. The lowest BCUT2D eigenvalue weighted by atomic mass is 10.3. The number of para-hydroxylation sites is 1. The first kappa shape index (κ1) is 12.5. The van der Waals surface area contributed by atoms with E-state index in [1.807, 2.05) is 49.4 Å². The number of aromatic nitrogens is 3. The number of aryl methyl sites for hydroxylation is 1. The molecule has 2 aromatic heterocycles. The van der Waals surface area contributed by atoms with Gasteiger partial charge >= 0.3 is 0 Å². The summed E-state index contributed by atoms with van der Waals surface area (Å²) in [4.78, 5) is 4.20. The summed E-state index contributed by atoms with van der Waals surface area (Å²) in [5.74, 6) is 1.80. The number of hydrogen-bond acceptors (Lipinski definition) is 4. The van der Waals surface area contributed by atoms with E-state index in [0.29, 0.717) is 13.2 Å². The molecule has 1 N–H and O–H groups in total. The van der Waals surface area contributed by atoms with Gasteiger partial charge in [0.15, 0.2) is 5.65 Å². The fourth-order valence-corrected chi connectivity index (χ4v) is 2.05. The van der Waals surface area contributed by atoms with Gasteiger partial charge in [-0.25, -0.2) is 4.98 Å². The maximum Gasteiger partial charge on any atom is 0.157 e. The van der Waals surface area contributed by atoms with Crippen LogP contribution in [0.25, 0.3) is 5.65 Å². The third kappa shape index (κ3) is 2.71. The van der Waals surface area contributed by atoms with Crippen molar-refractivity contribution in [3.63, 3.8) is 0 Å². The first-order chi connectivity index (χ1) is 9.83. The predicted molar refractivity (Wildman–Crippen MR) is 78.2 cm³/mol. The van der Waals surface area contributed by atoms with Gasteiger partial charge in [-0.2, -0.15) is 9.61 Å². The molecule has 102 valence electrons. The van der Waals surface area contributed by atoms with Crippen molar-refractivity contribution >= 4 is 11.5 Å². The fraction of sp³-hybridized carbons (Fsp3) is 0.200. The molecule has 0 aliphatic rings. The van der Waals surface area contributed by atoms with Gasteiger partial charge in [-0.15, -0.1) is 0 Å². The second-order valence-electron chi connectivity index (χ2n) is 4.54. The van der Waals surface area contributed by atoms with Crippen LogP contribution in [-0.2, 0) is 0 Å². The minimum atomic E-state index is 0.591. The molecular formula is C15H16N4O. The number of fused-ring (bicyclic) bond motifs is 1. The summed E-state index contributed by atoms with van der Waals surface area (Å²) in [7, 11) is 0. The van der Waals surface area contributed by atoms with Gasteiger partial charge < -0.3 is 10.1 Å². The largest absolute Gasteiger partial charge is 0.492 e. The topological polar surface area (TPSA) is 51.5 Å². The molecule has 0 aliphatic carbocycles. The van der Waals surface area contributed by atoms with Crippen LogP contribution in [0.2, 0.25) is 0 Å². The molecule has 0 saturated heterocycles. The second-order valence-corrected chi connectivity index (χ2v) is 4.54. The summed E-state index contributed by atoms with van der Waals surface area (Å²) in [5, 5.41) is 7.52. The van der Waals surface area contributed by atoms with Crippen LogP contribution in [0, 0.1) is 6.92 Å². The Kier molecular flexibility index (Phi) is 3.50. The average molecular weight is 268 g/mol. The van der Waals surface area contributed by atoms with Crippen molar-refractivity contribution < 1.29 is 4.74 Å². The lowest BCUT2D eigenvalue weighted by Gasteiger charge is -2.10. The summed E-state index contributed by atoms with van der Waals surface area (Å²) < 4.78 is 7.43. The quantitative estimate of drug-likeness (QED) is 0.722. The maximum absolute atomic E-state index is 5.64. The Labute approximate surface area is 117 Å². The van der Waals surface area contributed by atoms with Gasteiger partial charge in [-0.1, -0.05) is 18.2 Å². The zero-order valence-corrected chi connectivity index (χ0v) is 11.3. The van der Waals surface area contributed by atoms with E-state index in [9.17, 15) is 0 Å². The number of benzene rings is 1. The van der Waals surface area contributed by atoms with Crippen molar-refractivity contribution in [1.82, 2.24) is 14.6 Å². The maximum atomic E-state index is 5.64. The van der Waals surface area contributed by atoms with E-state index in [1.54, 1.807) is 10.8 Å². The molecule has 0 saturated carbocycles. The van der Waals surface area contributed by atoms with Crippen LogP contribution in [0.1, 0.15) is 5.56 Å². The van der Waals surface area contributed by atoms with Crippen molar-refractivity contribution in [3.8, 4) is 5.75 Å². The molecule has 1 aromatic carbocycles. The van der Waals surface area contributed by atoms with Crippen LogP contribution in [0.4, 0.5) is 5.82 Å². The molecule has 3 rings (SSSR count). The van der Waals surface area contributed by atoms with E-state index in [4.69, 9.17) is 4.74 Å². The van der Waals surface area contributed by atoms with Crippen molar-refractivity contribution in [2.45, 2.75) is 6.92 Å². The highest BCUT2D eigenvalue weighted by Gasteiger charge is 2.03. The molecule has 3 aromatic rings. The van der Waals surface area contributed by atoms with Crippen LogP contribution in [0.5, 0.6) is 5.75 Å². The SMILES string of the molecule is Cc1cc(NCCOc2ccccc2)n2ncnc2c1. The highest BCUT2D eigenvalue weighted by atomic mass is 16.5. The molecule has 0 atom stereocenters. The predicted octanol–water partition coefficient (Wildman–Crippen LogP) is 2.53. The summed E-state index contributed by atoms with van der Waals surface area (Å²) in [6.07, 6.45) is 1.56. The number of rotatable bonds is 5. The molecular weight excluding hydrogens is 252 g/mol. The number of hydrogen-bond donors (Lipinski definition) is 1. The van der Waals surface area contributed by atoms with E-state index in [-0.39, 0.29) is 0 Å². The van der Waals surface area contributed by atoms with Crippen LogP contribution >= 0.6 is 0 Å². The molecule has 2 heterocycles. The zero-order chi connectivity index (χ0) is 13.8. The highest BCUT2D eigenvalue weighted by Crippen LogP contribution is 2.13. The summed E-state index contributed by atoms with van der Waals surface area (Å²) in [5.41, 5.74) is 1.99. The molecule has 0 bridgehead atoms. The Morgan fingerprint density at radius 1 is 1.20 bits per heavy atom. The molecule has 0 radical (unpaired) electrons. The van der Waals surface area contributed by atoms with E-state index in [2.05, 4.69) is 15.4 Å². The Morgan fingerprint density at radius 3 is 2.90 bits per heavy atom. The van der Waals surface area contributed by atoms with Gasteiger partial charge in [0, 0.05) is 0 Å². The smallest absolute Gasteiger partial charge is 0.157 e. The van der Waals surface area contributed by atoms with Gasteiger partial charge in [0.1, 0.15) is 24.5 Å². The first-order valence-corrected chi connectivity index (χ1v) is 6.55. The van der Waals surface area contributed by atoms with E-state index in [0.717, 1.165) is 22.8 Å². The van der Waals surface area contributed by atoms with Crippen LogP contribution in [0.3, 0.4) is 0 Å². The molecule has 0 fully saturated rings. The molecule has 5 nitrogen and oxygen atoms in total. The summed E-state index contributed by atoms with van der Waals surface area (Å²) in [6, 6.07) is 13.8. The fourth-order valence-electron chi connectivity index (χ4n) is 2.05. The Bertz CT molecular complexity index is 693. The minimum absolute atomic E-state index is 0.591. The minimum Gasteiger partial charge on any atom is -0.492 e. The number of nitrogens with one attached hydrogen (secondary N) is 1. The normalized spacial score (nSPS) is 10.7. The molecule has 5 heteroatoms. The van der Waals surface area contributed by atoms with Gasteiger partial charge in [-0.3, -0.25) is 0 Å². The van der Waals surface area contributed by atoms with Crippen molar-refractivity contribution in [2.75, 3.05) is 18.5 Å². The average Bonchev–Trinajstić information content (AvgIpc) is 2.92. The van der Waals surface area contributed by atoms with Gasteiger partial charge in [0.25, 0.3) is 0 Å². The Balaban J connectivity index is 1.61. The summed E-state index contributed by atoms with van der Waals surface area (Å²) >= 11 is 0. The monoisotopic (exact) mass is 268 g/mol. The van der Waals surface area contributed by atoms with E-state index in [1.165, 1.54) is 0 Å². The lowest BCUT2D eigenvalue weighted by Crippen LogP contribution is -2.14. The lowest BCUT2D eigenvalue weighted by molar-refractivity contribution is 0.332.